The number of rotatable bonds is 2. The van der Waals surface area contributed by atoms with Gasteiger partial charge in [-0.1, -0.05) is 0 Å². The molecule has 0 aromatic heterocycles. The topological polar surface area (TPSA) is 35.5 Å². The molecule has 1 aromatic carbocycles. The third-order valence-electron chi connectivity index (χ3n) is 1.45. The van der Waals surface area contributed by atoms with Crippen LogP contribution in [0.1, 0.15) is 31.1 Å². The van der Waals surface area contributed by atoms with Crippen molar-refractivity contribution in [3.05, 3.63) is 33.4 Å². The SMILES string of the molecule is CC(C)(C)OOC(=O)c1ccc(I)cc1. The van der Waals surface area contributed by atoms with Gasteiger partial charge in [-0.25, -0.2) is 4.79 Å². The Bertz CT molecular complexity index is 338. The second-order valence-electron chi connectivity index (χ2n) is 4.07. The zero-order chi connectivity index (χ0) is 11.5. The molecule has 0 bridgehead atoms. The molecule has 0 aliphatic heterocycles. The molecule has 82 valence electrons. The van der Waals surface area contributed by atoms with Crippen LogP contribution in [0.15, 0.2) is 24.3 Å². The molecule has 1 rings (SSSR count). The number of hydrogen-bond acceptors (Lipinski definition) is 3. The maximum atomic E-state index is 11.5. The van der Waals surface area contributed by atoms with E-state index in [0.29, 0.717) is 5.56 Å². The van der Waals surface area contributed by atoms with Crippen LogP contribution in [0, 0.1) is 3.57 Å². The van der Waals surface area contributed by atoms with Crippen LogP contribution in [0.25, 0.3) is 0 Å². The lowest BCUT2D eigenvalue weighted by molar-refractivity contribution is -0.301. The van der Waals surface area contributed by atoms with Crippen LogP contribution in [-0.2, 0) is 9.78 Å². The van der Waals surface area contributed by atoms with Crippen molar-refractivity contribution < 1.29 is 14.6 Å². The molecule has 0 amide bonds. The average molecular weight is 320 g/mol. The Balaban J connectivity index is 2.58. The summed E-state index contributed by atoms with van der Waals surface area (Å²) in [6.45, 7) is 5.44. The smallest absolute Gasteiger partial charge is 0.292 e. The fourth-order valence-corrected chi connectivity index (χ4v) is 1.16. The molecule has 0 atom stereocenters. The highest BCUT2D eigenvalue weighted by Gasteiger charge is 2.16. The van der Waals surface area contributed by atoms with Gasteiger partial charge >= 0.3 is 5.97 Å². The van der Waals surface area contributed by atoms with Gasteiger partial charge in [0.15, 0.2) is 0 Å². The number of halogens is 1. The summed E-state index contributed by atoms with van der Waals surface area (Å²) in [6.07, 6.45) is 0. The van der Waals surface area contributed by atoms with Crippen molar-refractivity contribution in [3.8, 4) is 0 Å². The largest absolute Gasteiger partial charge is 0.373 e. The van der Waals surface area contributed by atoms with Gasteiger partial charge in [-0.15, -0.1) is 0 Å². The summed E-state index contributed by atoms with van der Waals surface area (Å²) >= 11 is 2.17. The van der Waals surface area contributed by atoms with E-state index in [1.165, 1.54) is 0 Å². The van der Waals surface area contributed by atoms with Crippen LogP contribution in [0.2, 0.25) is 0 Å². The predicted molar refractivity (Wildman–Crippen MR) is 65.4 cm³/mol. The molecule has 0 saturated heterocycles. The molecular weight excluding hydrogens is 307 g/mol. The number of benzene rings is 1. The van der Waals surface area contributed by atoms with E-state index in [4.69, 9.17) is 9.78 Å². The monoisotopic (exact) mass is 320 g/mol. The lowest BCUT2D eigenvalue weighted by Gasteiger charge is -2.16. The number of carbonyl (C=O) groups is 1. The first kappa shape index (κ1) is 12.4. The predicted octanol–water partition coefficient (Wildman–Crippen LogP) is 3.18. The Hall–Kier alpha value is -0.620. The first-order valence-corrected chi connectivity index (χ1v) is 5.62. The summed E-state index contributed by atoms with van der Waals surface area (Å²) < 4.78 is 1.07. The van der Waals surface area contributed by atoms with Gasteiger partial charge in [0.1, 0.15) is 5.60 Å². The Morgan fingerprint density at radius 1 is 1.20 bits per heavy atom. The number of hydrogen-bond donors (Lipinski definition) is 0. The van der Waals surface area contributed by atoms with E-state index in [0.717, 1.165) is 3.57 Å². The van der Waals surface area contributed by atoms with Crippen LogP contribution in [0.3, 0.4) is 0 Å². The quantitative estimate of drug-likeness (QED) is 0.477. The van der Waals surface area contributed by atoms with E-state index in [1.807, 2.05) is 32.9 Å². The van der Waals surface area contributed by atoms with Crippen LogP contribution in [0.5, 0.6) is 0 Å². The highest BCUT2D eigenvalue weighted by atomic mass is 127. The third-order valence-corrected chi connectivity index (χ3v) is 2.17. The minimum absolute atomic E-state index is 0.471. The van der Waals surface area contributed by atoms with Gasteiger partial charge in [0.05, 0.1) is 5.56 Å². The van der Waals surface area contributed by atoms with E-state index in [2.05, 4.69) is 22.6 Å². The van der Waals surface area contributed by atoms with Gasteiger partial charge in [0.25, 0.3) is 0 Å². The van der Waals surface area contributed by atoms with Crippen molar-refractivity contribution in [2.24, 2.45) is 0 Å². The summed E-state index contributed by atoms with van der Waals surface area (Å²) in [6, 6.07) is 7.09. The zero-order valence-corrected chi connectivity index (χ0v) is 11.1. The van der Waals surface area contributed by atoms with Crippen LogP contribution in [0.4, 0.5) is 0 Å². The minimum atomic E-state index is -0.487. The first-order valence-electron chi connectivity index (χ1n) is 4.54. The van der Waals surface area contributed by atoms with Gasteiger partial charge < -0.3 is 0 Å². The highest BCUT2D eigenvalue weighted by molar-refractivity contribution is 14.1. The molecule has 0 aliphatic rings. The lowest BCUT2D eigenvalue weighted by atomic mass is 10.2. The average Bonchev–Trinajstić information content (AvgIpc) is 2.14. The third kappa shape index (κ3) is 4.61. The normalized spacial score (nSPS) is 11.2. The lowest BCUT2D eigenvalue weighted by Crippen LogP contribution is -2.21. The molecule has 0 radical (unpaired) electrons. The van der Waals surface area contributed by atoms with Crippen LogP contribution >= 0.6 is 22.6 Å². The Morgan fingerprint density at radius 3 is 2.20 bits per heavy atom. The minimum Gasteiger partial charge on any atom is -0.292 e. The highest BCUT2D eigenvalue weighted by Crippen LogP contribution is 2.11. The number of carbonyl (C=O) groups excluding carboxylic acids is 1. The Kier molecular flexibility index (Phi) is 4.10. The van der Waals surface area contributed by atoms with Crippen molar-refractivity contribution in [2.75, 3.05) is 0 Å². The molecule has 0 saturated carbocycles. The van der Waals surface area contributed by atoms with E-state index < -0.39 is 11.6 Å². The van der Waals surface area contributed by atoms with Crippen LogP contribution < -0.4 is 0 Å². The molecule has 15 heavy (non-hydrogen) atoms. The molecule has 3 nitrogen and oxygen atoms in total. The van der Waals surface area contributed by atoms with Crippen LogP contribution in [-0.4, -0.2) is 11.6 Å². The maximum absolute atomic E-state index is 11.5. The van der Waals surface area contributed by atoms with Crippen molar-refractivity contribution in [3.63, 3.8) is 0 Å². The van der Waals surface area contributed by atoms with E-state index in [1.54, 1.807) is 12.1 Å². The summed E-state index contributed by atoms with van der Waals surface area (Å²) in [4.78, 5) is 21.1. The van der Waals surface area contributed by atoms with Gasteiger partial charge in [-0.3, -0.25) is 4.89 Å². The first-order chi connectivity index (χ1) is 6.88. The second kappa shape index (κ2) is 4.94. The summed E-state index contributed by atoms with van der Waals surface area (Å²) in [5.41, 5.74) is -0.00144. The van der Waals surface area contributed by atoms with E-state index in [-0.39, 0.29) is 0 Å². The van der Waals surface area contributed by atoms with E-state index >= 15 is 0 Å². The van der Waals surface area contributed by atoms with Gasteiger partial charge in [-0.2, -0.15) is 4.89 Å². The van der Waals surface area contributed by atoms with Gasteiger partial charge in [0, 0.05) is 3.57 Å². The molecule has 0 unspecified atom stereocenters. The fourth-order valence-electron chi connectivity index (χ4n) is 0.797. The zero-order valence-electron chi connectivity index (χ0n) is 8.91. The van der Waals surface area contributed by atoms with E-state index in [9.17, 15) is 4.79 Å². The molecule has 0 heterocycles. The molecule has 0 aliphatic carbocycles. The second-order valence-corrected chi connectivity index (χ2v) is 5.32. The van der Waals surface area contributed by atoms with Crippen molar-refractivity contribution in [1.82, 2.24) is 0 Å². The molecule has 0 fully saturated rings. The molecule has 0 N–H and O–H groups in total. The molecule has 0 spiro atoms. The maximum Gasteiger partial charge on any atom is 0.373 e. The van der Waals surface area contributed by atoms with Crippen molar-refractivity contribution in [2.45, 2.75) is 26.4 Å². The standard InChI is InChI=1S/C11H13IO3/c1-11(2,3)15-14-10(13)8-4-6-9(12)7-5-8/h4-7H,1-3H3. The van der Waals surface area contributed by atoms with Crippen molar-refractivity contribution in [1.29, 1.82) is 0 Å². The summed E-state index contributed by atoms with van der Waals surface area (Å²) in [7, 11) is 0. The fraction of sp³-hybridized carbons (Fsp3) is 0.364. The molecule has 4 heteroatoms. The summed E-state index contributed by atoms with van der Waals surface area (Å²) in [5.74, 6) is -0.471. The Labute approximate surface area is 103 Å². The van der Waals surface area contributed by atoms with Gasteiger partial charge in [0.2, 0.25) is 0 Å². The Morgan fingerprint density at radius 2 is 1.73 bits per heavy atom. The van der Waals surface area contributed by atoms with Gasteiger partial charge in [-0.05, 0) is 67.6 Å². The summed E-state index contributed by atoms with van der Waals surface area (Å²) in [5, 5.41) is 0. The van der Waals surface area contributed by atoms with Crippen molar-refractivity contribution >= 4 is 28.6 Å². The molecular formula is C11H13IO3. The molecule has 1 aromatic rings.